The number of ether oxygens (including phenoxy) is 1. The summed E-state index contributed by atoms with van der Waals surface area (Å²) in [6, 6.07) is -0.399. The molecular formula is C21H21F6N9O2. The van der Waals surface area contributed by atoms with Crippen LogP contribution in [0.2, 0.25) is 0 Å². The first-order valence-corrected chi connectivity index (χ1v) is 11.6. The Morgan fingerprint density at radius 1 is 1.03 bits per heavy atom. The van der Waals surface area contributed by atoms with E-state index in [0.29, 0.717) is 44.1 Å². The van der Waals surface area contributed by atoms with Gasteiger partial charge in [-0.1, -0.05) is 0 Å². The van der Waals surface area contributed by atoms with Gasteiger partial charge in [0.25, 0.3) is 5.56 Å². The van der Waals surface area contributed by atoms with Gasteiger partial charge in [0.05, 0.1) is 43.2 Å². The summed E-state index contributed by atoms with van der Waals surface area (Å²) in [5.74, 6) is 1.04. The number of aromatic amines is 1. The number of anilines is 2. The highest BCUT2D eigenvalue weighted by atomic mass is 19.4. The zero-order chi connectivity index (χ0) is 27.1. The molecule has 17 heteroatoms. The molecule has 2 aliphatic heterocycles. The van der Waals surface area contributed by atoms with E-state index in [4.69, 9.17) is 4.74 Å². The highest BCUT2D eigenvalue weighted by Crippen LogP contribution is 2.36. The fourth-order valence-electron chi connectivity index (χ4n) is 4.54. The zero-order valence-corrected chi connectivity index (χ0v) is 19.6. The number of H-pyrrole nitrogens is 1. The Kier molecular flexibility index (Phi) is 6.70. The average Bonchev–Trinajstić information content (AvgIpc) is 3.49. The van der Waals surface area contributed by atoms with Gasteiger partial charge in [-0.15, -0.1) is 0 Å². The second kappa shape index (κ2) is 9.85. The molecule has 5 heterocycles. The van der Waals surface area contributed by atoms with E-state index in [2.05, 4.69) is 25.1 Å². The van der Waals surface area contributed by atoms with Crippen LogP contribution in [0.3, 0.4) is 0 Å². The van der Waals surface area contributed by atoms with Crippen molar-refractivity contribution in [3.63, 3.8) is 0 Å². The lowest BCUT2D eigenvalue weighted by atomic mass is 10.2. The molecule has 1 atom stereocenters. The van der Waals surface area contributed by atoms with Crippen LogP contribution in [0.4, 0.5) is 38.0 Å². The predicted molar refractivity (Wildman–Crippen MR) is 118 cm³/mol. The Morgan fingerprint density at radius 3 is 2.50 bits per heavy atom. The third-order valence-electron chi connectivity index (χ3n) is 6.30. The molecule has 0 aromatic carbocycles. The van der Waals surface area contributed by atoms with Gasteiger partial charge in [0.15, 0.2) is 5.82 Å². The molecule has 0 bridgehead atoms. The lowest BCUT2D eigenvalue weighted by molar-refractivity contribution is -0.139. The van der Waals surface area contributed by atoms with Crippen molar-refractivity contribution in [3.05, 3.63) is 51.7 Å². The largest absolute Gasteiger partial charge is 0.423 e. The Labute approximate surface area is 210 Å². The topological polar surface area (TPSA) is 118 Å². The van der Waals surface area contributed by atoms with Gasteiger partial charge in [-0.3, -0.25) is 4.79 Å². The number of halogens is 6. The number of hydrogen-bond acceptors (Lipinski definition) is 9. The Morgan fingerprint density at radius 2 is 1.79 bits per heavy atom. The van der Waals surface area contributed by atoms with Crippen molar-refractivity contribution in [1.82, 2.24) is 34.9 Å². The standard InChI is InChI=1S/C21H21F6N9O2/c22-20(23,24)12-6-28-19(29-7-12)34-4-5-36-16(9-34)31-15(33-36)11-38-10-13-2-1-3-35(13)14-8-30-32-18(37)17(14)21(25,26)27/h6-8,13H,1-5,9-11H2,(H,32,37)/t13-/m1/s1. The minimum Gasteiger partial charge on any atom is -0.371 e. The molecule has 0 aliphatic carbocycles. The van der Waals surface area contributed by atoms with Crippen LogP contribution in [0.5, 0.6) is 0 Å². The Hall–Kier alpha value is -3.76. The predicted octanol–water partition coefficient (Wildman–Crippen LogP) is 2.39. The van der Waals surface area contributed by atoms with Crippen molar-refractivity contribution in [1.29, 1.82) is 0 Å². The molecule has 1 N–H and O–H groups in total. The van der Waals surface area contributed by atoms with E-state index < -0.39 is 35.1 Å². The number of aromatic nitrogens is 7. The van der Waals surface area contributed by atoms with Gasteiger partial charge in [0.2, 0.25) is 5.95 Å². The van der Waals surface area contributed by atoms with Crippen molar-refractivity contribution in [2.75, 3.05) is 29.5 Å². The van der Waals surface area contributed by atoms with E-state index in [-0.39, 0.29) is 31.4 Å². The number of rotatable bonds is 6. The first kappa shape index (κ1) is 25.9. The van der Waals surface area contributed by atoms with Gasteiger partial charge in [-0.2, -0.15) is 36.5 Å². The lowest BCUT2D eigenvalue weighted by Gasteiger charge is -2.28. The molecule has 3 aromatic heterocycles. The summed E-state index contributed by atoms with van der Waals surface area (Å²) >= 11 is 0. The highest BCUT2D eigenvalue weighted by Gasteiger charge is 2.40. The summed E-state index contributed by atoms with van der Waals surface area (Å²) in [7, 11) is 0. The van der Waals surface area contributed by atoms with Gasteiger partial charge < -0.3 is 14.5 Å². The molecule has 0 saturated carbocycles. The summed E-state index contributed by atoms with van der Waals surface area (Å²) in [6.45, 7) is 1.44. The van der Waals surface area contributed by atoms with E-state index >= 15 is 0 Å². The Bertz CT molecular complexity index is 1340. The molecule has 3 aromatic rings. The van der Waals surface area contributed by atoms with Gasteiger partial charge in [0, 0.05) is 25.5 Å². The minimum absolute atomic E-state index is 0.000864. The second-order valence-electron chi connectivity index (χ2n) is 8.82. The van der Waals surface area contributed by atoms with Crippen LogP contribution in [-0.4, -0.2) is 60.7 Å². The number of fused-ring (bicyclic) bond motifs is 1. The van der Waals surface area contributed by atoms with E-state index in [0.717, 1.165) is 18.6 Å². The maximum absolute atomic E-state index is 13.5. The number of alkyl halides is 6. The molecule has 1 fully saturated rings. The van der Waals surface area contributed by atoms with Crippen LogP contribution in [0.1, 0.15) is 35.6 Å². The summed E-state index contributed by atoms with van der Waals surface area (Å²) in [6.07, 6.45) is -5.71. The summed E-state index contributed by atoms with van der Waals surface area (Å²) in [5.41, 5.74) is -3.81. The molecule has 0 spiro atoms. The van der Waals surface area contributed by atoms with E-state index in [1.807, 2.05) is 5.10 Å². The smallest absolute Gasteiger partial charge is 0.371 e. The lowest BCUT2D eigenvalue weighted by Crippen LogP contribution is -2.37. The van der Waals surface area contributed by atoms with Crippen LogP contribution in [0.15, 0.2) is 23.4 Å². The summed E-state index contributed by atoms with van der Waals surface area (Å²) in [4.78, 5) is 27.0. The van der Waals surface area contributed by atoms with Gasteiger partial charge >= 0.3 is 12.4 Å². The third-order valence-corrected chi connectivity index (χ3v) is 6.30. The fraction of sp³-hybridized carbons (Fsp3) is 0.524. The normalized spacial score (nSPS) is 18.2. The summed E-state index contributed by atoms with van der Waals surface area (Å²) in [5, 5.41) is 9.75. The van der Waals surface area contributed by atoms with Crippen LogP contribution < -0.4 is 15.4 Å². The molecule has 38 heavy (non-hydrogen) atoms. The minimum atomic E-state index is -4.83. The second-order valence-corrected chi connectivity index (χ2v) is 8.82. The van der Waals surface area contributed by atoms with Crippen molar-refractivity contribution in [2.24, 2.45) is 0 Å². The number of nitrogens with zero attached hydrogens (tertiary/aromatic N) is 8. The molecule has 204 valence electrons. The molecule has 2 aliphatic rings. The van der Waals surface area contributed by atoms with Crippen molar-refractivity contribution in [3.8, 4) is 0 Å². The van der Waals surface area contributed by atoms with Crippen molar-refractivity contribution in [2.45, 2.75) is 50.9 Å². The van der Waals surface area contributed by atoms with Crippen molar-refractivity contribution >= 4 is 11.6 Å². The molecule has 0 radical (unpaired) electrons. The van der Waals surface area contributed by atoms with Gasteiger partial charge in [-0.25, -0.2) is 24.7 Å². The monoisotopic (exact) mass is 545 g/mol. The molecule has 1 saturated heterocycles. The van der Waals surface area contributed by atoms with Crippen LogP contribution in [0, 0.1) is 0 Å². The SMILES string of the molecule is O=c1[nH]ncc(N2CCC[C@@H]2COCc2nc3n(n2)CCN(c2ncc(C(F)(F)F)cn2)C3)c1C(F)(F)F. The average molecular weight is 545 g/mol. The van der Waals surface area contributed by atoms with Crippen LogP contribution in [-0.2, 0) is 36.8 Å². The number of nitrogens with one attached hydrogen (secondary N) is 1. The summed E-state index contributed by atoms with van der Waals surface area (Å²) < 4.78 is 86.1. The number of hydrogen-bond donors (Lipinski definition) is 1. The van der Waals surface area contributed by atoms with E-state index in [1.165, 1.54) is 4.90 Å². The molecular weight excluding hydrogens is 524 g/mol. The highest BCUT2D eigenvalue weighted by molar-refractivity contribution is 5.54. The van der Waals surface area contributed by atoms with Crippen LogP contribution in [0.25, 0.3) is 0 Å². The zero-order valence-electron chi connectivity index (χ0n) is 19.6. The van der Waals surface area contributed by atoms with Gasteiger partial charge in [0.1, 0.15) is 18.0 Å². The van der Waals surface area contributed by atoms with E-state index in [9.17, 15) is 31.1 Å². The first-order chi connectivity index (χ1) is 18.0. The first-order valence-electron chi connectivity index (χ1n) is 11.6. The molecule has 11 nitrogen and oxygen atoms in total. The molecule has 5 rings (SSSR count). The fourth-order valence-corrected chi connectivity index (χ4v) is 4.54. The van der Waals surface area contributed by atoms with Crippen LogP contribution >= 0.6 is 0 Å². The van der Waals surface area contributed by atoms with Crippen molar-refractivity contribution < 1.29 is 31.1 Å². The maximum atomic E-state index is 13.5. The quantitative estimate of drug-likeness (QED) is 0.466. The van der Waals surface area contributed by atoms with Gasteiger partial charge in [-0.05, 0) is 12.8 Å². The maximum Gasteiger partial charge on any atom is 0.423 e. The van der Waals surface area contributed by atoms with E-state index in [1.54, 1.807) is 9.58 Å². The molecule has 0 amide bonds. The Balaban J connectivity index is 1.20. The molecule has 0 unspecified atom stereocenters. The third kappa shape index (κ3) is 5.27.